The van der Waals surface area contributed by atoms with Crippen molar-refractivity contribution in [2.24, 2.45) is 27.9 Å². The summed E-state index contributed by atoms with van der Waals surface area (Å²) >= 11 is 0. The highest BCUT2D eigenvalue weighted by atomic mass is 16.4. The number of carbonyl (C=O) groups is 5. The van der Waals surface area contributed by atoms with Crippen LogP contribution in [0.3, 0.4) is 0 Å². The van der Waals surface area contributed by atoms with E-state index < -0.39 is 60.2 Å². The highest BCUT2D eigenvalue weighted by Crippen LogP contribution is 2.12. The fraction of sp³-hybridized carbons (Fsp3) is 0.538. The summed E-state index contributed by atoms with van der Waals surface area (Å²) in [5.74, 6) is -5.10. The zero-order valence-corrected chi connectivity index (χ0v) is 23.3. The summed E-state index contributed by atoms with van der Waals surface area (Å²) in [4.78, 5) is 65.9. The lowest BCUT2D eigenvalue weighted by Crippen LogP contribution is -2.57. The Morgan fingerprint density at radius 1 is 0.786 bits per heavy atom. The zero-order valence-electron chi connectivity index (χ0n) is 23.3. The third-order valence-electron chi connectivity index (χ3n) is 6.15. The number of carbonyl (C=O) groups excluding carboxylic acids is 3. The molecule has 1 aromatic carbocycles. The Bertz CT molecular complexity index is 1080. The lowest BCUT2D eigenvalue weighted by atomic mass is 10.0. The highest BCUT2D eigenvalue weighted by molar-refractivity contribution is 5.94. The van der Waals surface area contributed by atoms with Crippen LogP contribution in [0.5, 0.6) is 5.75 Å². The number of hydrogen-bond donors (Lipinski definition) is 10. The van der Waals surface area contributed by atoms with Crippen LogP contribution in [-0.4, -0.2) is 88.2 Å². The number of carboxylic acids is 2. The number of phenolic OH excluding ortho intramolecular Hbond substituents is 1. The lowest BCUT2D eigenvalue weighted by Gasteiger charge is -2.25. The average molecular weight is 595 g/mol. The van der Waals surface area contributed by atoms with Crippen molar-refractivity contribution in [1.29, 1.82) is 0 Å². The predicted molar refractivity (Wildman–Crippen MR) is 153 cm³/mol. The number of rotatable bonds is 20. The van der Waals surface area contributed by atoms with Gasteiger partial charge in [0.1, 0.15) is 23.9 Å². The largest absolute Gasteiger partial charge is 0.508 e. The summed E-state index contributed by atoms with van der Waals surface area (Å²) in [7, 11) is 0. The van der Waals surface area contributed by atoms with Gasteiger partial charge in [0.15, 0.2) is 5.96 Å². The molecular weight excluding hydrogens is 552 g/mol. The molecule has 0 fully saturated rings. The summed E-state index contributed by atoms with van der Waals surface area (Å²) in [6, 6.07) is 0.784. The smallest absolute Gasteiger partial charge is 0.326 e. The minimum absolute atomic E-state index is 0.0146. The molecule has 1 rings (SSSR count). The van der Waals surface area contributed by atoms with Gasteiger partial charge in [-0.15, -0.1) is 0 Å². The van der Waals surface area contributed by atoms with Crippen LogP contribution in [0.1, 0.15) is 50.5 Å². The SMILES string of the molecule is NCCCCC(N)C(=O)NC(CCC(=O)O)C(=O)NC(CCCN=C(N)N)C(=O)NC(Cc1ccc(O)cc1)C(=O)O. The highest BCUT2D eigenvalue weighted by Gasteiger charge is 2.30. The van der Waals surface area contributed by atoms with E-state index in [1.165, 1.54) is 24.3 Å². The van der Waals surface area contributed by atoms with Gasteiger partial charge in [-0.1, -0.05) is 18.6 Å². The summed E-state index contributed by atoms with van der Waals surface area (Å²) in [6.45, 7) is 0.525. The van der Waals surface area contributed by atoms with Gasteiger partial charge in [0.05, 0.1) is 6.04 Å². The number of aliphatic imine (C=N–C) groups is 1. The van der Waals surface area contributed by atoms with E-state index >= 15 is 0 Å². The first kappa shape index (κ1) is 35.6. The van der Waals surface area contributed by atoms with Crippen LogP contribution in [0.4, 0.5) is 0 Å². The molecule has 16 heteroatoms. The van der Waals surface area contributed by atoms with Gasteiger partial charge in [0.25, 0.3) is 0 Å². The Labute approximate surface area is 243 Å². The van der Waals surface area contributed by atoms with Crippen molar-refractivity contribution in [3.05, 3.63) is 29.8 Å². The van der Waals surface area contributed by atoms with Gasteiger partial charge >= 0.3 is 11.9 Å². The van der Waals surface area contributed by atoms with Crippen LogP contribution in [0, 0.1) is 0 Å². The molecule has 0 aliphatic rings. The van der Waals surface area contributed by atoms with Crippen LogP contribution in [0.2, 0.25) is 0 Å². The molecule has 0 saturated heterocycles. The Hall–Kier alpha value is -4.44. The van der Waals surface area contributed by atoms with E-state index in [1.54, 1.807) is 0 Å². The number of nitrogens with zero attached hydrogens (tertiary/aromatic N) is 1. The van der Waals surface area contributed by atoms with E-state index in [1.807, 2.05) is 0 Å². The molecule has 0 heterocycles. The number of hydrogen-bond acceptors (Lipinski definition) is 9. The number of unbranched alkanes of at least 4 members (excludes halogenated alkanes) is 1. The van der Waals surface area contributed by atoms with Crippen LogP contribution in [0.25, 0.3) is 0 Å². The van der Waals surface area contributed by atoms with Crippen molar-refractivity contribution in [2.45, 2.75) is 75.5 Å². The van der Waals surface area contributed by atoms with Gasteiger partial charge in [0, 0.05) is 19.4 Å². The summed E-state index contributed by atoms with van der Waals surface area (Å²) in [6.07, 6.45) is 0.842. The number of aromatic hydroxyl groups is 1. The molecule has 3 amide bonds. The van der Waals surface area contributed by atoms with E-state index in [0.29, 0.717) is 31.4 Å². The molecule has 4 unspecified atom stereocenters. The molecule has 16 nitrogen and oxygen atoms in total. The van der Waals surface area contributed by atoms with Crippen molar-refractivity contribution < 1.29 is 39.3 Å². The van der Waals surface area contributed by atoms with Crippen LogP contribution in [-0.2, 0) is 30.4 Å². The summed E-state index contributed by atoms with van der Waals surface area (Å²) < 4.78 is 0. The molecule has 1 aromatic rings. The maximum absolute atomic E-state index is 13.2. The molecule has 0 spiro atoms. The van der Waals surface area contributed by atoms with Crippen molar-refractivity contribution in [1.82, 2.24) is 16.0 Å². The van der Waals surface area contributed by atoms with Crippen molar-refractivity contribution >= 4 is 35.6 Å². The molecule has 0 aromatic heterocycles. The first-order chi connectivity index (χ1) is 19.8. The molecule has 0 saturated carbocycles. The molecule has 14 N–H and O–H groups in total. The van der Waals surface area contributed by atoms with Crippen molar-refractivity contribution in [2.75, 3.05) is 13.1 Å². The second-order valence-electron chi connectivity index (χ2n) is 9.66. The second kappa shape index (κ2) is 18.8. The number of phenols is 1. The molecule has 0 radical (unpaired) electrons. The minimum Gasteiger partial charge on any atom is -0.508 e. The molecule has 0 aliphatic carbocycles. The third kappa shape index (κ3) is 14.3. The van der Waals surface area contributed by atoms with Gasteiger partial charge in [-0.3, -0.25) is 24.2 Å². The first-order valence-corrected chi connectivity index (χ1v) is 13.5. The standard InChI is InChI=1S/C26H42N8O8/c27-12-2-1-4-17(28)22(38)32-19(10-11-21(36)37)24(40)33-18(5-3-13-31-26(29)30)23(39)34-20(25(41)42)14-15-6-8-16(35)9-7-15/h6-9,17-20,35H,1-5,10-14,27-28H2,(H,32,38)(H,33,40)(H,34,39)(H,36,37)(H,41,42)(H4,29,30,31). The van der Waals surface area contributed by atoms with Crippen LogP contribution < -0.4 is 38.9 Å². The maximum Gasteiger partial charge on any atom is 0.326 e. The predicted octanol–water partition coefficient (Wildman–Crippen LogP) is -2.15. The number of carboxylic acid groups (broad SMARTS) is 2. The molecule has 0 bridgehead atoms. The Balaban J connectivity index is 3.09. The quantitative estimate of drug-likeness (QED) is 0.0439. The lowest BCUT2D eigenvalue weighted by molar-refractivity contribution is -0.142. The summed E-state index contributed by atoms with van der Waals surface area (Å²) in [5, 5.41) is 35.6. The van der Waals surface area contributed by atoms with E-state index in [9.17, 15) is 34.2 Å². The Kier molecular flexibility index (Phi) is 15.9. The van der Waals surface area contributed by atoms with Gasteiger partial charge in [0.2, 0.25) is 17.7 Å². The Morgan fingerprint density at radius 2 is 1.36 bits per heavy atom. The van der Waals surface area contributed by atoms with Crippen molar-refractivity contribution in [3.63, 3.8) is 0 Å². The van der Waals surface area contributed by atoms with Gasteiger partial charge in [-0.05, 0) is 56.3 Å². The monoisotopic (exact) mass is 594 g/mol. The number of guanidine groups is 1. The van der Waals surface area contributed by atoms with E-state index in [4.69, 9.17) is 28.0 Å². The fourth-order valence-corrected chi connectivity index (χ4v) is 3.84. The molecule has 0 aliphatic heterocycles. The van der Waals surface area contributed by atoms with Gasteiger partial charge in [-0.25, -0.2) is 4.79 Å². The first-order valence-electron chi connectivity index (χ1n) is 13.5. The third-order valence-corrected chi connectivity index (χ3v) is 6.15. The van der Waals surface area contributed by atoms with Crippen LogP contribution >= 0.6 is 0 Å². The maximum atomic E-state index is 13.2. The van der Waals surface area contributed by atoms with E-state index in [2.05, 4.69) is 20.9 Å². The topological polar surface area (TPSA) is 299 Å². The molecule has 234 valence electrons. The minimum atomic E-state index is -1.38. The molecule has 4 atom stereocenters. The molecular formula is C26H42N8O8. The average Bonchev–Trinajstić information content (AvgIpc) is 2.92. The Morgan fingerprint density at radius 3 is 1.90 bits per heavy atom. The van der Waals surface area contributed by atoms with Gasteiger partial charge in [-0.2, -0.15) is 0 Å². The zero-order chi connectivity index (χ0) is 31.7. The normalized spacial score (nSPS) is 13.6. The van der Waals surface area contributed by atoms with Gasteiger partial charge < -0.3 is 54.2 Å². The number of nitrogens with two attached hydrogens (primary N) is 4. The fourth-order valence-electron chi connectivity index (χ4n) is 3.84. The second-order valence-corrected chi connectivity index (χ2v) is 9.66. The van der Waals surface area contributed by atoms with Crippen molar-refractivity contribution in [3.8, 4) is 5.75 Å². The number of benzene rings is 1. The number of amides is 3. The number of aliphatic carboxylic acids is 2. The van der Waals surface area contributed by atoms with Crippen LogP contribution in [0.15, 0.2) is 29.3 Å². The number of nitrogens with one attached hydrogen (secondary N) is 3. The van der Waals surface area contributed by atoms with E-state index in [0.717, 1.165) is 0 Å². The van der Waals surface area contributed by atoms with E-state index in [-0.39, 0.29) is 43.9 Å². The molecule has 42 heavy (non-hydrogen) atoms. The summed E-state index contributed by atoms with van der Waals surface area (Å²) in [5.41, 5.74) is 22.5.